The smallest absolute Gasteiger partial charge is 0.410 e. The fourth-order valence-electron chi connectivity index (χ4n) is 5.70. The number of para-hydroxylation sites is 1. The zero-order valence-electron chi connectivity index (χ0n) is 19.7. The molecule has 0 bridgehead atoms. The molecule has 7 heteroatoms. The fourth-order valence-corrected chi connectivity index (χ4v) is 5.70. The Kier molecular flexibility index (Phi) is 6.51. The van der Waals surface area contributed by atoms with Crippen molar-refractivity contribution in [1.29, 1.82) is 0 Å². The number of likely N-dealkylation sites (tertiary alicyclic amines) is 2. The molecule has 5 rings (SSSR count). The van der Waals surface area contributed by atoms with E-state index in [1.807, 2.05) is 30.3 Å². The third-order valence-corrected chi connectivity index (χ3v) is 8.07. The molecule has 2 saturated heterocycles. The van der Waals surface area contributed by atoms with E-state index in [1.165, 1.54) is 11.3 Å². The summed E-state index contributed by atoms with van der Waals surface area (Å²) in [6, 6.07) is 18.2. The highest BCUT2D eigenvalue weighted by molar-refractivity contribution is 5.67. The number of amides is 1. The first-order valence-corrected chi connectivity index (χ1v) is 12.4. The number of aliphatic hydroxyl groups excluding tert-OH is 1. The van der Waals surface area contributed by atoms with Crippen molar-refractivity contribution >= 4 is 11.8 Å². The van der Waals surface area contributed by atoms with Crippen LogP contribution in [0.4, 0.5) is 10.5 Å². The second-order valence-corrected chi connectivity index (χ2v) is 10.1. The summed E-state index contributed by atoms with van der Waals surface area (Å²) in [4.78, 5) is 16.3. The highest BCUT2D eigenvalue weighted by atomic mass is 16.6. The van der Waals surface area contributed by atoms with Crippen LogP contribution in [0.2, 0.25) is 0 Å². The quantitative estimate of drug-likeness (QED) is 0.630. The molecule has 1 amide bonds. The number of β-amino-alcohol motifs (C(OH)–C–C–N with tert-alkyl or cyclic N) is 1. The minimum Gasteiger partial charge on any atom is -0.445 e. The molecule has 3 heterocycles. The molecule has 3 aliphatic rings. The molecule has 182 valence electrons. The first-order valence-electron chi connectivity index (χ1n) is 12.4. The number of nitrogens with zero attached hydrogens (tertiary/aromatic N) is 2. The number of carbonyl (C=O) groups is 1. The summed E-state index contributed by atoms with van der Waals surface area (Å²) >= 11 is 0. The van der Waals surface area contributed by atoms with E-state index < -0.39 is 11.7 Å². The lowest BCUT2D eigenvalue weighted by atomic mass is 9.74. The van der Waals surface area contributed by atoms with Crippen molar-refractivity contribution in [2.24, 2.45) is 0 Å². The van der Waals surface area contributed by atoms with Gasteiger partial charge in [0, 0.05) is 37.3 Å². The average molecular weight is 466 g/mol. The number of fused-ring (bicyclic) bond motifs is 2. The maximum absolute atomic E-state index is 12.4. The molecule has 3 aliphatic heterocycles. The van der Waals surface area contributed by atoms with Gasteiger partial charge in [0.15, 0.2) is 0 Å². The minimum absolute atomic E-state index is 0.181. The molecule has 0 saturated carbocycles. The molecule has 0 radical (unpaired) electrons. The normalized spacial score (nSPS) is 22.1. The second-order valence-electron chi connectivity index (χ2n) is 10.1. The highest BCUT2D eigenvalue weighted by Crippen LogP contribution is 2.44. The van der Waals surface area contributed by atoms with Crippen LogP contribution in [-0.4, -0.2) is 77.1 Å². The van der Waals surface area contributed by atoms with Gasteiger partial charge in [0.05, 0.1) is 11.7 Å². The molecule has 0 aliphatic carbocycles. The summed E-state index contributed by atoms with van der Waals surface area (Å²) in [6.07, 6.45) is 1.59. The van der Waals surface area contributed by atoms with Crippen LogP contribution in [0.1, 0.15) is 36.8 Å². The van der Waals surface area contributed by atoms with Crippen molar-refractivity contribution in [3.63, 3.8) is 0 Å². The Morgan fingerprint density at radius 2 is 1.65 bits per heavy atom. The van der Waals surface area contributed by atoms with E-state index in [-0.39, 0.29) is 18.1 Å². The number of piperidine rings is 2. The Bertz CT molecular complexity index is 982. The number of rotatable bonds is 5. The van der Waals surface area contributed by atoms with E-state index in [0.717, 1.165) is 38.0 Å². The van der Waals surface area contributed by atoms with Crippen molar-refractivity contribution < 1.29 is 19.7 Å². The Hall–Kier alpha value is -2.61. The first-order chi connectivity index (χ1) is 16.5. The molecule has 2 fully saturated rings. The van der Waals surface area contributed by atoms with Crippen LogP contribution in [0.5, 0.6) is 0 Å². The van der Waals surface area contributed by atoms with Gasteiger partial charge in [-0.15, -0.1) is 0 Å². The molecule has 2 aromatic carbocycles. The van der Waals surface area contributed by atoms with Gasteiger partial charge in [0.2, 0.25) is 0 Å². The van der Waals surface area contributed by atoms with Gasteiger partial charge in [-0.3, -0.25) is 0 Å². The lowest BCUT2D eigenvalue weighted by Gasteiger charge is -2.44. The largest absolute Gasteiger partial charge is 0.445 e. The molecular weight excluding hydrogens is 430 g/mol. The third kappa shape index (κ3) is 4.65. The predicted octanol–water partition coefficient (Wildman–Crippen LogP) is 2.97. The van der Waals surface area contributed by atoms with Crippen LogP contribution in [-0.2, 0) is 16.8 Å². The van der Waals surface area contributed by atoms with Crippen molar-refractivity contribution in [2.45, 2.75) is 49.4 Å². The van der Waals surface area contributed by atoms with E-state index in [1.54, 1.807) is 4.90 Å². The average Bonchev–Trinajstić information content (AvgIpc) is 3.23. The molecule has 0 unspecified atom stereocenters. The van der Waals surface area contributed by atoms with Gasteiger partial charge >= 0.3 is 6.09 Å². The monoisotopic (exact) mass is 465 g/mol. The number of hydrogen-bond donors (Lipinski definition) is 3. The van der Waals surface area contributed by atoms with Gasteiger partial charge in [-0.05, 0) is 56.0 Å². The number of hydrogen-bond acceptors (Lipinski definition) is 6. The van der Waals surface area contributed by atoms with Gasteiger partial charge in [-0.25, -0.2) is 4.79 Å². The molecule has 1 spiro atoms. The zero-order valence-corrected chi connectivity index (χ0v) is 19.7. The summed E-state index contributed by atoms with van der Waals surface area (Å²) in [5.74, 6) is 0. The summed E-state index contributed by atoms with van der Waals surface area (Å²) in [7, 11) is 0. The standard InChI is InChI=1S/C27H35N3O4/c31-24(18-29-14-10-26(11-15-29)20-28-23-9-5-4-8-22(23)26)27(33)12-16-30(17-13-27)25(32)34-19-21-6-2-1-3-7-21/h1-9,24,28,31,33H,10-20H2/t24-/m1/s1. The summed E-state index contributed by atoms with van der Waals surface area (Å²) < 4.78 is 5.42. The van der Waals surface area contributed by atoms with Crippen molar-refractivity contribution in [2.75, 3.05) is 44.6 Å². The molecule has 0 aromatic heterocycles. The van der Waals surface area contributed by atoms with E-state index in [2.05, 4.69) is 34.5 Å². The van der Waals surface area contributed by atoms with Gasteiger partial charge in [0.25, 0.3) is 0 Å². The molecule has 3 N–H and O–H groups in total. The first kappa shape index (κ1) is 23.1. The topological polar surface area (TPSA) is 85.3 Å². The number of nitrogens with one attached hydrogen (secondary N) is 1. The molecule has 7 nitrogen and oxygen atoms in total. The van der Waals surface area contributed by atoms with Gasteiger partial charge in [0.1, 0.15) is 6.61 Å². The van der Waals surface area contributed by atoms with Crippen LogP contribution in [0.15, 0.2) is 54.6 Å². The van der Waals surface area contributed by atoms with E-state index in [0.29, 0.717) is 32.5 Å². The number of anilines is 1. The van der Waals surface area contributed by atoms with Crippen LogP contribution < -0.4 is 5.32 Å². The van der Waals surface area contributed by atoms with Gasteiger partial charge < -0.3 is 30.1 Å². The van der Waals surface area contributed by atoms with E-state index in [4.69, 9.17) is 4.74 Å². The van der Waals surface area contributed by atoms with Crippen LogP contribution in [0, 0.1) is 0 Å². The maximum atomic E-state index is 12.4. The Balaban J connectivity index is 1.09. The zero-order chi connectivity index (χ0) is 23.6. The second kappa shape index (κ2) is 9.56. The third-order valence-electron chi connectivity index (χ3n) is 8.07. The molecule has 2 aromatic rings. The number of ether oxygens (including phenoxy) is 1. The molecule has 34 heavy (non-hydrogen) atoms. The van der Waals surface area contributed by atoms with Crippen LogP contribution in [0.25, 0.3) is 0 Å². The number of aliphatic hydroxyl groups is 2. The lowest BCUT2D eigenvalue weighted by Crippen LogP contribution is -2.56. The van der Waals surface area contributed by atoms with Crippen LogP contribution >= 0.6 is 0 Å². The van der Waals surface area contributed by atoms with Crippen LogP contribution in [0.3, 0.4) is 0 Å². The lowest BCUT2D eigenvalue weighted by molar-refractivity contribution is -0.116. The van der Waals surface area contributed by atoms with Gasteiger partial charge in [-0.2, -0.15) is 0 Å². The van der Waals surface area contributed by atoms with Crippen molar-refractivity contribution in [3.8, 4) is 0 Å². The van der Waals surface area contributed by atoms with Crippen molar-refractivity contribution in [3.05, 3.63) is 65.7 Å². The Morgan fingerprint density at radius 1 is 0.971 bits per heavy atom. The Labute approximate surface area is 201 Å². The summed E-state index contributed by atoms with van der Waals surface area (Å²) in [5, 5.41) is 25.6. The number of carbonyl (C=O) groups excluding carboxylic acids is 1. The number of benzene rings is 2. The van der Waals surface area contributed by atoms with E-state index in [9.17, 15) is 15.0 Å². The molecular formula is C27H35N3O4. The maximum Gasteiger partial charge on any atom is 0.410 e. The highest BCUT2D eigenvalue weighted by Gasteiger charge is 2.44. The predicted molar refractivity (Wildman–Crippen MR) is 131 cm³/mol. The summed E-state index contributed by atoms with van der Waals surface area (Å²) in [6.45, 7) is 4.24. The SMILES string of the molecule is O=C(OCc1ccccc1)N1CCC(O)([C@H](O)CN2CCC3(CC2)CNc2ccccc23)CC1. The van der Waals surface area contributed by atoms with E-state index >= 15 is 0 Å². The minimum atomic E-state index is -1.17. The Morgan fingerprint density at radius 3 is 2.38 bits per heavy atom. The summed E-state index contributed by atoms with van der Waals surface area (Å²) in [5.41, 5.74) is 2.62. The van der Waals surface area contributed by atoms with Gasteiger partial charge in [-0.1, -0.05) is 48.5 Å². The molecule has 1 atom stereocenters. The fraction of sp³-hybridized carbons (Fsp3) is 0.519. The van der Waals surface area contributed by atoms with Crippen molar-refractivity contribution in [1.82, 2.24) is 9.80 Å².